The van der Waals surface area contributed by atoms with Gasteiger partial charge < -0.3 is 24.8 Å². The third-order valence-corrected chi connectivity index (χ3v) is 3.97. The lowest BCUT2D eigenvalue weighted by Crippen LogP contribution is -2.50. The molecule has 0 bridgehead atoms. The molecule has 0 unspecified atom stereocenters. The fraction of sp³-hybridized carbons (Fsp3) is 0.588. The lowest BCUT2D eigenvalue weighted by Gasteiger charge is -2.34. The zero-order chi connectivity index (χ0) is 18.2. The van der Waals surface area contributed by atoms with E-state index < -0.39 is 0 Å². The standard InChI is InChI=1S/C17H27N5O3/c1-4-25-17(24)22-9-7-21(8-10-22)16(23)14-11-15(13-18-12-14)19-5-6-20(2)3/h11-13,19H,4-10H2,1-3H3. The molecule has 1 fully saturated rings. The molecule has 0 saturated carbocycles. The molecule has 0 atom stereocenters. The van der Waals surface area contributed by atoms with Gasteiger partial charge in [0.25, 0.3) is 5.91 Å². The Bertz CT molecular complexity index is 585. The van der Waals surface area contributed by atoms with Crippen LogP contribution in [0, 0.1) is 0 Å². The van der Waals surface area contributed by atoms with Gasteiger partial charge in [-0.2, -0.15) is 0 Å². The van der Waals surface area contributed by atoms with Crippen LogP contribution in [0.2, 0.25) is 0 Å². The van der Waals surface area contributed by atoms with Crippen molar-refractivity contribution in [3.05, 3.63) is 24.0 Å². The SMILES string of the molecule is CCOC(=O)N1CCN(C(=O)c2cncc(NCCN(C)C)c2)CC1. The summed E-state index contributed by atoms with van der Waals surface area (Å²) in [6.45, 7) is 5.78. The van der Waals surface area contributed by atoms with E-state index in [4.69, 9.17) is 4.74 Å². The number of anilines is 1. The van der Waals surface area contributed by atoms with Gasteiger partial charge in [-0.3, -0.25) is 9.78 Å². The van der Waals surface area contributed by atoms with Crippen molar-refractivity contribution in [3.63, 3.8) is 0 Å². The number of aromatic nitrogens is 1. The number of rotatable bonds is 6. The topological polar surface area (TPSA) is 78.0 Å². The number of pyridine rings is 1. The van der Waals surface area contributed by atoms with Gasteiger partial charge in [-0.15, -0.1) is 0 Å². The van der Waals surface area contributed by atoms with Crippen LogP contribution in [0.1, 0.15) is 17.3 Å². The molecule has 138 valence electrons. The van der Waals surface area contributed by atoms with Gasteiger partial charge >= 0.3 is 6.09 Å². The van der Waals surface area contributed by atoms with Crippen molar-refractivity contribution in [3.8, 4) is 0 Å². The lowest BCUT2D eigenvalue weighted by atomic mass is 10.2. The number of carbonyl (C=O) groups excluding carboxylic acids is 2. The fourth-order valence-corrected chi connectivity index (χ4v) is 2.57. The predicted octanol–water partition coefficient (Wildman–Crippen LogP) is 0.969. The summed E-state index contributed by atoms with van der Waals surface area (Å²) in [5.41, 5.74) is 1.39. The van der Waals surface area contributed by atoms with Gasteiger partial charge in [0.05, 0.1) is 17.9 Å². The first kappa shape index (κ1) is 19.0. The first-order valence-corrected chi connectivity index (χ1v) is 8.56. The number of carbonyl (C=O) groups is 2. The molecule has 1 aromatic rings. The Morgan fingerprint density at radius 3 is 2.52 bits per heavy atom. The predicted molar refractivity (Wildman–Crippen MR) is 95.8 cm³/mol. The Balaban J connectivity index is 1.89. The fourth-order valence-electron chi connectivity index (χ4n) is 2.57. The van der Waals surface area contributed by atoms with E-state index in [1.54, 1.807) is 29.1 Å². The number of likely N-dealkylation sites (N-methyl/N-ethyl adjacent to an activating group) is 1. The Morgan fingerprint density at radius 1 is 1.20 bits per heavy atom. The highest BCUT2D eigenvalue weighted by atomic mass is 16.6. The Hall–Kier alpha value is -2.35. The van der Waals surface area contributed by atoms with Crippen LogP contribution < -0.4 is 5.32 Å². The summed E-state index contributed by atoms with van der Waals surface area (Å²) >= 11 is 0. The molecule has 2 amide bonds. The van der Waals surface area contributed by atoms with Gasteiger partial charge in [0, 0.05) is 51.7 Å². The highest BCUT2D eigenvalue weighted by Crippen LogP contribution is 2.13. The van der Waals surface area contributed by atoms with E-state index in [1.165, 1.54) is 0 Å². The van der Waals surface area contributed by atoms with Gasteiger partial charge in [-0.05, 0) is 27.1 Å². The normalized spacial score (nSPS) is 14.6. The van der Waals surface area contributed by atoms with Crippen LogP contribution in [-0.4, -0.2) is 91.7 Å². The minimum atomic E-state index is -0.316. The Kier molecular flexibility index (Phi) is 7.00. The van der Waals surface area contributed by atoms with Crippen molar-refractivity contribution in [2.45, 2.75) is 6.92 Å². The third-order valence-electron chi connectivity index (χ3n) is 3.97. The van der Waals surface area contributed by atoms with E-state index in [0.29, 0.717) is 38.3 Å². The molecule has 1 N–H and O–H groups in total. The first-order chi connectivity index (χ1) is 12.0. The Labute approximate surface area is 148 Å². The van der Waals surface area contributed by atoms with E-state index in [2.05, 4.69) is 15.2 Å². The van der Waals surface area contributed by atoms with E-state index in [9.17, 15) is 9.59 Å². The highest BCUT2D eigenvalue weighted by molar-refractivity contribution is 5.94. The van der Waals surface area contributed by atoms with Crippen molar-refractivity contribution in [2.24, 2.45) is 0 Å². The summed E-state index contributed by atoms with van der Waals surface area (Å²) in [7, 11) is 4.02. The molecular weight excluding hydrogens is 322 g/mol. The highest BCUT2D eigenvalue weighted by Gasteiger charge is 2.25. The summed E-state index contributed by atoms with van der Waals surface area (Å²) in [5, 5.41) is 3.27. The average molecular weight is 349 g/mol. The van der Waals surface area contributed by atoms with E-state index >= 15 is 0 Å². The first-order valence-electron chi connectivity index (χ1n) is 8.56. The maximum atomic E-state index is 12.7. The summed E-state index contributed by atoms with van der Waals surface area (Å²) < 4.78 is 4.99. The maximum Gasteiger partial charge on any atom is 0.409 e. The third kappa shape index (κ3) is 5.60. The Morgan fingerprint density at radius 2 is 1.88 bits per heavy atom. The molecule has 0 radical (unpaired) electrons. The van der Waals surface area contributed by atoms with Crippen LogP contribution in [0.25, 0.3) is 0 Å². The molecule has 0 aliphatic carbocycles. The molecule has 1 saturated heterocycles. The van der Waals surface area contributed by atoms with Crippen LogP contribution in [0.3, 0.4) is 0 Å². The zero-order valence-electron chi connectivity index (χ0n) is 15.2. The summed E-state index contributed by atoms with van der Waals surface area (Å²) in [4.78, 5) is 34.0. The van der Waals surface area contributed by atoms with Gasteiger partial charge in [0.15, 0.2) is 0 Å². The number of piperazine rings is 1. The molecular formula is C17H27N5O3. The van der Waals surface area contributed by atoms with Crippen LogP contribution in [0.4, 0.5) is 10.5 Å². The van der Waals surface area contributed by atoms with Crippen molar-refractivity contribution in [1.29, 1.82) is 0 Å². The molecule has 2 heterocycles. The molecule has 25 heavy (non-hydrogen) atoms. The van der Waals surface area contributed by atoms with E-state index in [1.807, 2.05) is 20.2 Å². The zero-order valence-corrected chi connectivity index (χ0v) is 15.2. The van der Waals surface area contributed by atoms with Crippen LogP contribution in [0.5, 0.6) is 0 Å². The van der Waals surface area contributed by atoms with Crippen molar-refractivity contribution >= 4 is 17.7 Å². The number of hydrogen-bond donors (Lipinski definition) is 1. The second-order valence-electron chi connectivity index (χ2n) is 6.17. The van der Waals surface area contributed by atoms with E-state index in [-0.39, 0.29) is 12.0 Å². The molecule has 8 heteroatoms. The number of amides is 2. The quantitative estimate of drug-likeness (QED) is 0.825. The summed E-state index contributed by atoms with van der Waals surface area (Å²) in [6, 6.07) is 1.82. The van der Waals surface area contributed by atoms with Gasteiger partial charge in [0.1, 0.15) is 0 Å². The second kappa shape index (κ2) is 9.22. The minimum absolute atomic E-state index is 0.0627. The molecule has 1 aliphatic rings. The van der Waals surface area contributed by atoms with Gasteiger partial charge in [0.2, 0.25) is 0 Å². The monoisotopic (exact) mass is 349 g/mol. The summed E-state index contributed by atoms with van der Waals surface area (Å²) in [5.74, 6) is -0.0627. The van der Waals surface area contributed by atoms with Gasteiger partial charge in [-0.1, -0.05) is 0 Å². The van der Waals surface area contributed by atoms with Crippen molar-refractivity contribution in [1.82, 2.24) is 19.7 Å². The average Bonchev–Trinajstić information content (AvgIpc) is 2.61. The lowest BCUT2D eigenvalue weighted by molar-refractivity contribution is 0.0570. The summed E-state index contributed by atoms with van der Waals surface area (Å²) in [6.07, 6.45) is 2.98. The number of nitrogens with one attached hydrogen (secondary N) is 1. The maximum absolute atomic E-state index is 12.7. The molecule has 1 aromatic heterocycles. The van der Waals surface area contributed by atoms with E-state index in [0.717, 1.165) is 18.8 Å². The largest absolute Gasteiger partial charge is 0.450 e. The van der Waals surface area contributed by atoms with Crippen LogP contribution in [0.15, 0.2) is 18.5 Å². The molecule has 0 aromatic carbocycles. The van der Waals surface area contributed by atoms with Gasteiger partial charge in [-0.25, -0.2) is 4.79 Å². The van der Waals surface area contributed by atoms with Crippen molar-refractivity contribution < 1.29 is 14.3 Å². The number of hydrogen-bond acceptors (Lipinski definition) is 6. The second-order valence-corrected chi connectivity index (χ2v) is 6.17. The van der Waals surface area contributed by atoms with Crippen LogP contribution >= 0.6 is 0 Å². The molecule has 1 aliphatic heterocycles. The van der Waals surface area contributed by atoms with Crippen molar-refractivity contribution in [2.75, 3.05) is 65.3 Å². The molecule has 2 rings (SSSR count). The number of ether oxygens (including phenoxy) is 1. The smallest absolute Gasteiger partial charge is 0.409 e. The minimum Gasteiger partial charge on any atom is -0.450 e. The van der Waals surface area contributed by atoms with Crippen LogP contribution in [-0.2, 0) is 4.74 Å². The molecule has 0 spiro atoms. The molecule has 8 nitrogen and oxygen atoms in total. The number of nitrogens with zero attached hydrogens (tertiary/aromatic N) is 4.